The van der Waals surface area contributed by atoms with E-state index in [4.69, 9.17) is 10.5 Å². The Hall–Kier alpha value is -4.20. The van der Waals surface area contributed by atoms with Crippen molar-refractivity contribution in [3.63, 3.8) is 0 Å². The Labute approximate surface area is 225 Å². The van der Waals surface area contributed by atoms with Gasteiger partial charge in [-0.15, -0.1) is 10.2 Å². The smallest absolute Gasteiger partial charge is 0.270 e. The summed E-state index contributed by atoms with van der Waals surface area (Å²) in [5.41, 5.74) is 7.37. The largest absolute Gasteiger partial charge is 0.378 e. The second-order valence-electron chi connectivity index (χ2n) is 9.37. The number of nitrogens with one attached hydrogen (secondary N) is 2. The maximum Gasteiger partial charge on any atom is 0.270 e. The van der Waals surface area contributed by atoms with E-state index in [1.165, 1.54) is 0 Å². The number of carbonyl (C=O) groups is 2. The Morgan fingerprint density at radius 2 is 1.87 bits per heavy atom. The number of pyridine rings is 1. The number of piperidine rings is 1. The van der Waals surface area contributed by atoms with E-state index >= 15 is 0 Å². The van der Waals surface area contributed by atoms with Crippen LogP contribution in [0, 0.1) is 0 Å². The van der Waals surface area contributed by atoms with Crippen molar-refractivity contribution in [3.05, 3.63) is 65.6 Å². The summed E-state index contributed by atoms with van der Waals surface area (Å²) in [4.78, 5) is 37.7. The fourth-order valence-electron chi connectivity index (χ4n) is 4.57. The molecule has 0 saturated carbocycles. The normalized spacial score (nSPS) is 18.4. The number of aromatic nitrogens is 4. The maximum absolute atomic E-state index is 12.7. The summed E-state index contributed by atoms with van der Waals surface area (Å²) in [6, 6.07) is 12.1. The first-order valence-corrected chi connectivity index (χ1v) is 12.9. The minimum Gasteiger partial charge on any atom is -0.378 e. The summed E-state index contributed by atoms with van der Waals surface area (Å²) in [6.45, 7) is 3.37. The van der Waals surface area contributed by atoms with E-state index in [2.05, 4.69) is 30.8 Å². The van der Waals surface area contributed by atoms with Gasteiger partial charge in [0.1, 0.15) is 11.4 Å². The van der Waals surface area contributed by atoms with Crippen LogP contribution >= 0.6 is 0 Å². The van der Waals surface area contributed by atoms with Crippen LogP contribution in [0.5, 0.6) is 0 Å². The van der Waals surface area contributed by atoms with E-state index in [-0.39, 0.29) is 29.4 Å². The molecule has 204 valence electrons. The van der Waals surface area contributed by atoms with Crippen molar-refractivity contribution in [1.82, 2.24) is 30.4 Å². The Kier molecular flexibility index (Phi) is 8.20. The molecule has 0 aliphatic carbocycles. The molecule has 2 fully saturated rings. The molecule has 0 radical (unpaired) electrons. The summed E-state index contributed by atoms with van der Waals surface area (Å²) < 4.78 is 5.32. The molecule has 39 heavy (non-hydrogen) atoms. The van der Waals surface area contributed by atoms with Gasteiger partial charge in [-0.2, -0.15) is 4.98 Å². The number of aliphatic hydroxyl groups is 1. The third-order valence-electron chi connectivity index (χ3n) is 6.61. The monoisotopic (exact) mass is 533 g/mol. The summed E-state index contributed by atoms with van der Waals surface area (Å²) in [5, 5.41) is 24.5. The van der Waals surface area contributed by atoms with Crippen molar-refractivity contribution in [1.29, 1.82) is 0 Å². The van der Waals surface area contributed by atoms with Crippen LogP contribution in [-0.4, -0.2) is 87.4 Å². The van der Waals surface area contributed by atoms with Gasteiger partial charge in [0.15, 0.2) is 12.0 Å². The number of morpholine rings is 1. The number of amides is 2. The molecule has 2 aliphatic heterocycles. The number of nitrogens with two attached hydrogens (primary N) is 1. The average Bonchev–Trinajstić information content (AvgIpc) is 2.98. The molecule has 2 aliphatic rings. The predicted octanol–water partition coefficient (Wildman–Crippen LogP) is 0.831. The van der Waals surface area contributed by atoms with Gasteiger partial charge in [0.25, 0.3) is 11.8 Å². The van der Waals surface area contributed by atoms with E-state index in [1.54, 1.807) is 53.6 Å². The lowest BCUT2D eigenvalue weighted by Gasteiger charge is -2.33. The fourth-order valence-corrected chi connectivity index (χ4v) is 4.57. The predicted molar refractivity (Wildman–Crippen MR) is 142 cm³/mol. The highest BCUT2D eigenvalue weighted by Crippen LogP contribution is 2.24. The number of anilines is 3. The summed E-state index contributed by atoms with van der Waals surface area (Å²) >= 11 is 0. The molecule has 4 heterocycles. The Morgan fingerprint density at radius 3 is 2.59 bits per heavy atom. The van der Waals surface area contributed by atoms with Crippen molar-refractivity contribution in [2.24, 2.45) is 5.73 Å². The lowest BCUT2D eigenvalue weighted by atomic mass is 10.1. The first-order valence-electron chi connectivity index (χ1n) is 12.9. The number of nitrogens with zero attached hydrogens (tertiary/aromatic N) is 6. The molecule has 2 saturated heterocycles. The lowest BCUT2D eigenvalue weighted by Crippen LogP contribution is -2.48. The molecule has 5 rings (SSSR count). The van der Waals surface area contributed by atoms with Gasteiger partial charge in [-0.1, -0.05) is 6.07 Å². The molecular weight excluding hydrogens is 502 g/mol. The van der Waals surface area contributed by atoms with Crippen LogP contribution < -0.4 is 21.3 Å². The number of hydrogen-bond donors (Lipinski definition) is 4. The lowest BCUT2D eigenvalue weighted by molar-refractivity contribution is 0.0303. The molecule has 5 N–H and O–H groups in total. The maximum atomic E-state index is 12.7. The van der Waals surface area contributed by atoms with Crippen molar-refractivity contribution < 1.29 is 19.4 Å². The van der Waals surface area contributed by atoms with Crippen LogP contribution in [0.15, 0.2) is 48.7 Å². The van der Waals surface area contributed by atoms with Crippen LogP contribution in [0.2, 0.25) is 0 Å². The molecule has 2 atom stereocenters. The van der Waals surface area contributed by atoms with Gasteiger partial charge < -0.3 is 36.0 Å². The van der Waals surface area contributed by atoms with Crippen LogP contribution in [-0.2, 0) is 4.74 Å². The fraction of sp³-hybridized carbons (Fsp3) is 0.385. The minimum absolute atomic E-state index is 0.0521. The molecule has 3 aromatic rings. The molecule has 2 amide bonds. The number of hydrogen-bond acceptors (Lipinski definition) is 11. The minimum atomic E-state index is -1.39. The van der Waals surface area contributed by atoms with Crippen molar-refractivity contribution in [2.75, 3.05) is 49.6 Å². The second kappa shape index (κ2) is 12.1. The van der Waals surface area contributed by atoms with Crippen LogP contribution in [0.3, 0.4) is 0 Å². The van der Waals surface area contributed by atoms with Crippen LogP contribution in [0.1, 0.15) is 45.6 Å². The zero-order chi connectivity index (χ0) is 27.2. The van der Waals surface area contributed by atoms with Gasteiger partial charge in [-0.05, 0) is 49.2 Å². The molecule has 2 aromatic heterocycles. The highest BCUT2D eigenvalue weighted by atomic mass is 16.5. The molecule has 13 nitrogen and oxygen atoms in total. The standard InChI is InChI=1S/C26H31N9O4/c27-22(36)21-23(29-18-8-6-17(7-9-18)25(38)34-12-14-39-15-13-34)31-26(33-32-21)35-11-3-4-19(16-35)30-24(37)20-5-1-2-10-28-20/h1-2,5-10,19,22,36H,3-4,11-16,27H2,(H,30,37)(H,29,31,33)/t19-,22?/m1/s1. The number of benzene rings is 1. The zero-order valence-electron chi connectivity index (χ0n) is 21.4. The van der Waals surface area contributed by atoms with Crippen LogP contribution in [0.25, 0.3) is 0 Å². The SMILES string of the molecule is NC(O)c1nnc(N2CCC[C@@H](NC(=O)c3ccccn3)C2)nc1Nc1ccc(C(=O)N2CCOCC2)cc1. The van der Waals surface area contributed by atoms with Crippen molar-refractivity contribution >= 4 is 29.3 Å². The van der Waals surface area contributed by atoms with Gasteiger partial charge in [0, 0.05) is 49.7 Å². The first-order chi connectivity index (χ1) is 19.0. The van der Waals surface area contributed by atoms with E-state index < -0.39 is 6.23 Å². The van der Waals surface area contributed by atoms with E-state index in [1.807, 2.05) is 4.90 Å². The zero-order valence-corrected chi connectivity index (χ0v) is 21.4. The Morgan fingerprint density at radius 1 is 1.08 bits per heavy atom. The topological polar surface area (TPSA) is 172 Å². The van der Waals surface area contributed by atoms with Gasteiger partial charge in [-0.25, -0.2) is 0 Å². The number of rotatable bonds is 7. The third-order valence-corrected chi connectivity index (χ3v) is 6.61. The Balaban J connectivity index is 1.28. The van der Waals surface area contributed by atoms with E-state index in [0.717, 1.165) is 12.8 Å². The summed E-state index contributed by atoms with van der Waals surface area (Å²) in [7, 11) is 0. The average molecular weight is 534 g/mol. The Bertz CT molecular complexity index is 1280. The van der Waals surface area contributed by atoms with Gasteiger partial charge in [-0.3, -0.25) is 14.6 Å². The summed E-state index contributed by atoms with van der Waals surface area (Å²) in [6.07, 6.45) is 1.82. The summed E-state index contributed by atoms with van der Waals surface area (Å²) in [5.74, 6) is 0.310. The number of carbonyl (C=O) groups excluding carboxylic acids is 2. The first kappa shape index (κ1) is 26.4. The van der Waals surface area contributed by atoms with E-state index in [9.17, 15) is 14.7 Å². The van der Waals surface area contributed by atoms with Gasteiger partial charge >= 0.3 is 0 Å². The van der Waals surface area contributed by atoms with Crippen molar-refractivity contribution in [2.45, 2.75) is 25.1 Å². The second-order valence-corrected chi connectivity index (χ2v) is 9.37. The third kappa shape index (κ3) is 6.45. The molecule has 0 spiro atoms. The quantitative estimate of drug-likeness (QED) is 0.317. The van der Waals surface area contributed by atoms with Crippen LogP contribution in [0.4, 0.5) is 17.5 Å². The number of aliphatic hydroxyl groups excluding tert-OH is 1. The van der Waals surface area contributed by atoms with Gasteiger partial charge in [0.2, 0.25) is 5.95 Å². The number of ether oxygens (including phenoxy) is 1. The van der Waals surface area contributed by atoms with Crippen molar-refractivity contribution in [3.8, 4) is 0 Å². The highest BCUT2D eigenvalue weighted by Gasteiger charge is 2.26. The molecule has 13 heteroatoms. The molecular formula is C26H31N9O4. The molecule has 1 unspecified atom stereocenters. The van der Waals surface area contributed by atoms with Gasteiger partial charge in [0.05, 0.1) is 13.2 Å². The highest BCUT2D eigenvalue weighted by molar-refractivity contribution is 5.94. The molecule has 0 bridgehead atoms. The van der Waals surface area contributed by atoms with E-state index in [0.29, 0.717) is 62.3 Å². The molecule has 1 aromatic carbocycles.